The molecule has 1 saturated heterocycles. The molecule has 30 heavy (non-hydrogen) atoms. The Kier molecular flexibility index (Phi) is 6.25. The molecule has 1 amide bonds. The number of nitrogens with one attached hydrogen (secondary N) is 1. The highest BCUT2D eigenvalue weighted by Crippen LogP contribution is 2.22. The van der Waals surface area contributed by atoms with E-state index in [4.69, 9.17) is 9.47 Å². The molecule has 1 fully saturated rings. The Bertz CT molecular complexity index is 1070. The number of carbonyl (C=O) groups is 1. The average Bonchev–Trinajstić information content (AvgIpc) is 3.41. The summed E-state index contributed by atoms with van der Waals surface area (Å²) in [4.78, 5) is 30.0. The molecule has 3 aromatic rings. The SMILES string of the molecule is Cc1nc(-n2ccc(OCC3CCCO3)cc2=O)sc1C(=O)NCc1ccccc1. The molecule has 8 heteroatoms. The lowest BCUT2D eigenvalue weighted by Gasteiger charge is -2.11. The Morgan fingerprint density at radius 1 is 1.33 bits per heavy atom. The lowest BCUT2D eigenvalue weighted by molar-refractivity contribution is 0.0679. The van der Waals surface area contributed by atoms with Crippen molar-refractivity contribution in [3.63, 3.8) is 0 Å². The number of rotatable bonds is 7. The fourth-order valence-corrected chi connectivity index (χ4v) is 4.20. The number of aryl methyl sites for hydroxylation is 1. The first-order valence-electron chi connectivity index (χ1n) is 9.87. The molecule has 1 atom stereocenters. The van der Waals surface area contributed by atoms with E-state index in [0.29, 0.717) is 34.6 Å². The molecule has 1 aliphatic rings. The number of nitrogens with zero attached hydrogens (tertiary/aromatic N) is 2. The molecule has 0 bridgehead atoms. The van der Waals surface area contributed by atoms with E-state index in [9.17, 15) is 9.59 Å². The molecule has 1 aliphatic heterocycles. The van der Waals surface area contributed by atoms with Crippen molar-refractivity contribution >= 4 is 17.2 Å². The Morgan fingerprint density at radius 2 is 2.17 bits per heavy atom. The van der Waals surface area contributed by atoms with Gasteiger partial charge >= 0.3 is 0 Å². The molecule has 2 aromatic heterocycles. The van der Waals surface area contributed by atoms with E-state index in [1.165, 1.54) is 22.0 Å². The van der Waals surface area contributed by atoms with Crippen molar-refractivity contribution in [2.75, 3.05) is 13.2 Å². The summed E-state index contributed by atoms with van der Waals surface area (Å²) in [5.74, 6) is 0.297. The number of aromatic nitrogens is 2. The Labute approximate surface area is 178 Å². The number of hydrogen-bond donors (Lipinski definition) is 1. The lowest BCUT2D eigenvalue weighted by Crippen LogP contribution is -2.22. The van der Waals surface area contributed by atoms with Gasteiger partial charge in [-0.25, -0.2) is 4.98 Å². The summed E-state index contributed by atoms with van der Waals surface area (Å²) in [6, 6.07) is 12.8. The molecule has 3 heterocycles. The summed E-state index contributed by atoms with van der Waals surface area (Å²) >= 11 is 1.19. The van der Waals surface area contributed by atoms with Gasteiger partial charge in [-0.15, -0.1) is 0 Å². The van der Waals surface area contributed by atoms with E-state index < -0.39 is 0 Å². The van der Waals surface area contributed by atoms with Gasteiger partial charge < -0.3 is 14.8 Å². The molecule has 0 aliphatic carbocycles. The van der Waals surface area contributed by atoms with Crippen molar-refractivity contribution in [3.8, 4) is 10.9 Å². The van der Waals surface area contributed by atoms with Crippen LogP contribution in [0.4, 0.5) is 0 Å². The fraction of sp³-hybridized carbons (Fsp3) is 0.318. The first-order chi connectivity index (χ1) is 14.6. The molecule has 1 N–H and O–H groups in total. The zero-order valence-corrected chi connectivity index (χ0v) is 17.5. The maximum Gasteiger partial charge on any atom is 0.263 e. The largest absolute Gasteiger partial charge is 0.491 e. The van der Waals surface area contributed by atoms with Crippen LogP contribution in [-0.4, -0.2) is 34.8 Å². The number of amides is 1. The normalized spacial score (nSPS) is 15.8. The van der Waals surface area contributed by atoms with Gasteiger partial charge in [-0.2, -0.15) is 0 Å². The number of hydrogen-bond acceptors (Lipinski definition) is 6. The molecular weight excluding hydrogens is 402 g/mol. The minimum Gasteiger partial charge on any atom is -0.491 e. The van der Waals surface area contributed by atoms with Gasteiger partial charge in [0.1, 0.15) is 17.2 Å². The second kappa shape index (κ2) is 9.23. The lowest BCUT2D eigenvalue weighted by atomic mass is 10.2. The smallest absolute Gasteiger partial charge is 0.263 e. The minimum absolute atomic E-state index is 0.0889. The van der Waals surface area contributed by atoms with Gasteiger partial charge in [0.05, 0.1) is 11.8 Å². The molecule has 0 radical (unpaired) electrons. The molecule has 156 valence electrons. The molecule has 0 spiro atoms. The van der Waals surface area contributed by atoms with E-state index in [1.54, 1.807) is 19.2 Å². The molecule has 0 saturated carbocycles. The third-order valence-electron chi connectivity index (χ3n) is 4.84. The van der Waals surface area contributed by atoms with Crippen molar-refractivity contribution in [1.29, 1.82) is 0 Å². The second-order valence-electron chi connectivity index (χ2n) is 7.10. The third-order valence-corrected chi connectivity index (χ3v) is 6.00. The highest BCUT2D eigenvalue weighted by molar-refractivity contribution is 7.16. The van der Waals surface area contributed by atoms with Crippen LogP contribution in [0.2, 0.25) is 0 Å². The number of ether oxygens (including phenoxy) is 2. The predicted octanol–water partition coefficient (Wildman–Crippen LogP) is 3.09. The molecule has 1 unspecified atom stereocenters. The van der Waals surface area contributed by atoms with Crippen LogP contribution in [0.1, 0.15) is 33.8 Å². The van der Waals surface area contributed by atoms with Crippen molar-refractivity contribution in [1.82, 2.24) is 14.9 Å². The van der Waals surface area contributed by atoms with Crippen molar-refractivity contribution in [3.05, 3.63) is 75.1 Å². The summed E-state index contributed by atoms with van der Waals surface area (Å²) in [6.07, 6.45) is 3.73. The van der Waals surface area contributed by atoms with Crippen molar-refractivity contribution in [2.45, 2.75) is 32.4 Å². The highest BCUT2D eigenvalue weighted by atomic mass is 32.1. The number of carbonyl (C=O) groups excluding carboxylic acids is 1. The molecule has 7 nitrogen and oxygen atoms in total. The van der Waals surface area contributed by atoms with Gasteiger partial charge in [-0.1, -0.05) is 41.7 Å². The topological polar surface area (TPSA) is 82.5 Å². The highest BCUT2D eigenvalue weighted by Gasteiger charge is 2.18. The number of pyridine rings is 1. The summed E-state index contributed by atoms with van der Waals surface area (Å²) in [5, 5.41) is 3.35. The van der Waals surface area contributed by atoms with Gasteiger partial charge in [0.25, 0.3) is 11.5 Å². The van der Waals surface area contributed by atoms with Crippen LogP contribution in [-0.2, 0) is 11.3 Å². The third kappa shape index (κ3) is 4.77. The Morgan fingerprint density at radius 3 is 2.90 bits per heavy atom. The van der Waals surface area contributed by atoms with E-state index in [0.717, 1.165) is 25.0 Å². The predicted molar refractivity (Wildman–Crippen MR) is 115 cm³/mol. The van der Waals surface area contributed by atoms with Crippen LogP contribution in [0.25, 0.3) is 5.13 Å². The van der Waals surface area contributed by atoms with Gasteiger partial charge in [0, 0.05) is 25.4 Å². The molecule has 4 rings (SSSR count). The minimum atomic E-state index is -0.259. The van der Waals surface area contributed by atoms with Crippen molar-refractivity contribution in [2.24, 2.45) is 0 Å². The van der Waals surface area contributed by atoms with Crippen LogP contribution in [0.15, 0.2) is 53.5 Å². The number of thiazole rings is 1. The van der Waals surface area contributed by atoms with Crippen LogP contribution in [0, 0.1) is 6.92 Å². The monoisotopic (exact) mass is 425 g/mol. The summed E-state index contributed by atoms with van der Waals surface area (Å²) in [6.45, 7) is 3.40. The van der Waals surface area contributed by atoms with E-state index in [1.807, 2.05) is 30.3 Å². The van der Waals surface area contributed by atoms with Crippen LogP contribution in [0.5, 0.6) is 5.75 Å². The maximum atomic E-state index is 12.6. The number of benzene rings is 1. The van der Waals surface area contributed by atoms with Gasteiger partial charge in [-0.3, -0.25) is 14.2 Å². The zero-order chi connectivity index (χ0) is 20.9. The molecule has 1 aromatic carbocycles. The average molecular weight is 426 g/mol. The van der Waals surface area contributed by atoms with E-state index in [2.05, 4.69) is 10.3 Å². The first kappa shape index (κ1) is 20.3. The summed E-state index contributed by atoms with van der Waals surface area (Å²) in [5.41, 5.74) is 1.35. The standard InChI is InChI=1S/C22H23N3O4S/c1-15-20(21(27)23-13-16-6-3-2-4-7-16)30-22(24-15)25-10-9-17(12-19(25)26)29-14-18-8-5-11-28-18/h2-4,6-7,9-10,12,18H,5,8,11,13-14H2,1H3,(H,23,27). The Balaban J connectivity index is 1.44. The zero-order valence-electron chi connectivity index (χ0n) is 16.7. The van der Waals surface area contributed by atoms with Crippen LogP contribution in [0.3, 0.4) is 0 Å². The quantitative estimate of drug-likeness (QED) is 0.629. The van der Waals surface area contributed by atoms with Crippen molar-refractivity contribution < 1.29 is 14.3 Å². The van der Waals surface area contributed by atoms with Crippen LogP contribution >= 0.6 is 11.3 Å². The summed E-state index contributed by atoms with van der Waals surface area (Å²) < 4.78 is 12.6. The second-order valence-corrected chi connectivity index (χ2v) is 8.07. The van der Waals surface area contributed by atoms with Gasteiger partial charge in [0.15, 0.2) is 5.13 Å². The van der Waals surface area contributed by atoms with Crippen LogP contribution < -0.4 is 15.6 Å². The Hall–Kier alpha value is -2.97. The first-order valence-corrected chi connectivity index (χ1v) is 10.7. The summed E-state index contributed by atoms with van der Waals surface area (Å²) in [7, 11) is 0. The van der Waals surface area contributed by atoms with E-state index >= 15 is 0 Å². The van der Waals surface area contributed by atoms with Gasteiger partial charge in [0.2, 0.25) is 0 Å². The van der Waals surface area contributed by atoms with E-state index in [-0.39, 0.29) is 17.6 Å². The van der Waals surface area contributed by atoms with Gasteiger partial charge in [-0.05, 0) is 31.4 Å². The molecular formula is C22H23N3O4S. The fourth-order valence-electron chi connectivity index (χ4n) is 3.23. The maximum absolute atomic E-state index is 12.6.